The zero-order valence-electron chi connectivity index (χ0n) is 10.6. The van der Waals surface area contributed by atoms with Gasteiger partial charge in [-0.2, -0.15) is 5.26 Å². The van der Waals surface area contributed by atoms with E-state index in [0.29, 0.717) is 35.5 Å². The van der Waals surface area contributed by atoms with Crippen LogP contribution in [0, 0.1) is 23.2 Å². The van der Waals surface area contributed by atoms with E-state index in [1.54, 1.807) is 12.1 Å². The van der Waals surface area contributed by atoms with Crippen molar-refractivity contribution >= 4 is 29.2 Å². The molecule has 0 saturated heterocycles. The fourth-order valence-corrected chi connectivity index (χ4v) is 2.53. The van der Waals surface area contributed by atoms with Gasteiger partial charge in [-0.15, -0.1) is 0 Å². The Kier molecular flexibility index (Phi) is 4.26. The van der Waals surface area contributed by atoms with Crippen molar-refractivity contribution in [2.24, 2.45) is 11.8 Å². The molecule has 2 rings (SSSR count). The van der Waals surface area contributed by atoms with Crippen LogP contribution in [0.25, 0.3) is 0 Å². The van der Waals surface area contributed by atoms with Crippen LogP contribution in [0.1, 0.15) is 24.8 Å². The minimum atomic E-state index is -0.857. The van der Waals surface area contributed by atoms with Crippen molar-refractivity contribution in [1.82, 2.24) is 0 Å². The number of benzene rings is 1. The van der Waals surface area contributed by atoms with Crippen LogP contribution in [0.15, 0.2) is 18.2 Å². The predicted octanol–water partition coefficient (Wildman–Crippen LogP) is 2.65. The third kappa shape index (κ3) is 3.09. The first-order valence-corrected chi connectivity index (χ1v) is 6.62. The second kappa shape index (κ2) is 5.93. The number of aliphatic carboxylic acids is 1. The molecule has 0 aromatic heterocycles. The SMILES string of the molecule is N#Cc1ccc(Cl)c(NC(=O)[C@@H]2CC[C@H](C(=O)O)C2)c1. The summed E-state index contributed by atoms with van der Waals surface area (Å²) in [5, 5.41) is 20.8. The standard InChI is InChI=1S/C14H13ClN2O3/c15-11-4-1-8(7-16)5-12(11)17-13(18)9-2-3-10(6-9)14(19)20/h1,4-5,9-10H,2-3,6H2,(H,17,18)(H,19,20)/t9-,10+/m1/s1. The highest BCUT2D eigenvalue weighted by Gasteiger charge is 2.33. The van der Waals surface area contributed by atoms with Crippen molar-refractivity contribution in [3.8, 4) is 6.07 Å². The van der Waals surface area contributed by atoms with Gasteiger partial charge in [-0.25, -0.2) is 0 Å². The highest BCUT2D eigenvalue weighted by Crippen LogP contribution is 2.32. The molecule has 0 spiro atoms. The summed E-state index contributed by atoms with van der Waals surface area (Å²) in [6, 6.07) is 6.59. The number of carboxylic acid groups (broad SMARTS) is 1. The Labute approximate surface area is 121 Å². The number of nitriles is 1. The molecular weight excluding hydrogens is 280 g/mol. The molecule has 5 nitrogen and oxygen atoms in total. The van der Waals surface area contributed by atoms with Crippen LogP contribution in [-0.2, 0) is 9.59 Å². The lowest BCUT2D eigenvalue weighted by atomic mass is 10.0. The van der Waals surface area contributed by atoms with Gasteiger partial charge in [-0.1, -0.05) is 11.6 Å². The summed E-state index contributed by atoms with van der Waals surface area (Å²) in [7, 11) is 0. The second-order valence-electron chi connectivity index (χ2n) is 4.84. The van der Waals surface area contributed by atoms with E-state index >= 15 is 0 Å². The molecule has 6 heteroatoms. The van der Waals surface area contributed by atoms with Gasteiger partial charge in [0, 0.05) is 5.92 Å². The maximum Gasteiger partial charge on any atom is 0.306 e. The van der Waals surface area contributed by atoms with Gasteiger partial charge in [0.2, 0.25) is 5.91 Å². The molecule has 1 aromatic carbocycles. The van der Waals surface area contributed by atoms with Crippen LogP contribution < -0.4 is 5.32 Å². The molecule has 0 radical (unpaired) electrons. The van der Waals surface area contributed by atoms with Crippen LogP contribution in [0.2, 0.25) is 5.02 Å². The monoisotopic (exact) mass is 292 g/mol. The molecule has 1 amide bonds. The maximum atomic E-state index is 12.1. The average Bonchev–Trinajstić information content (AvgIpc) is 2.91. The molecule has 0 aliphatic heterocycles. The minimum absolute atomic E-state index is 0.245. The van der Waals surface area contributed by atoms with Crippen LogP contribution in [0.5, 0.6) is 0 Å². The number of carboxylic acids is 1. The molecule has 2 atom stereocenters. The molecule has 1 fully saturated rings. The lowest BCUT2D eigenvalue weighted by Gasteiger charge is -2.12. The third-order valence-electron chi connectivity index (χ3n) is 3.51. The summed E-state index contributed by atoms with van der Waals surface area (Å²) in [6.07, 6.45) is 1.41. The van der Waals surface area contributed by atoms with E-state index in [1.165, 1.54) is 6.07 Å². The summed E-state index contributed by atoms with van der Waals surface area (Å²) in [5.41, 5.74) is 0.786. The second-order valence-corrected chi connectivity index (χ2v) is 5.25. The summed E-state index contributed by atoms with van der Waals surface area (Å²) >= 11 is 5.96. The number of amides is 1. The van der Waals surface area contributed by atoms with E-state index < -0.39 is 11.9 Å². The first-order valence-electron chi connectivity index (χ1n) is 6.24. The van der Waals surface area contributed by atoms with E-state index in [9.17, 15) is 9.59 Å². The number of hydrogen-bond donors (Lipinski definition) is 2. The van der Waals surface area contributed by atoms with Crippen molar-refractivity contribution in [2.75, 3.05) is 5.32 Å². The molecule has 0 heterocycles. The number of hydrogen-bond acceptors (Lipinski definition) is 3. The van der Waals surface area contributed by atoms with Crippen molar-refractivity contribution in [1.29, 1.82) is 5.26 Å². The third-order valence-corrected chi connectivity index (χ3v) is 3.84. The molecule has 2 N–H and O–H groups in total. The molecule has 0 bridgehead atoms. The van der Waals surface area contributed by atoms with E-state index in [1.807, 2.05) is 6.07 Å². The first kappa shape index (κ1) is 14.4. The number of nitrogens with zero attached hydrogens (tertiary/aromatic N) is 1. The Balaban J connectivity index is 2.06. The fourth-order valence-electron chi connectivity index (χ4n) is 2.37. The van der Waals surface area contributed by atoms with Crippen molar-refractivity contribution in [2.45, 2.75) is 19.3 Å². The van der Waals surface area contributed by atoms with Crippen molar-refractivity contribution in [3.05, 3.63) is 28.8 Å². The summed E-state index contributed by atoms with van der Waals surface area (Å²) in [6.45, 7) is 0. The van der Waals surface area contributed by atoms with Gasteiger partial charge in [0.25, 0.3) is 0 Å². The van der Waals surface area contributed by atoms with Gasteiger partial charge in [-0.3, -0.25) is 9.59 Å². The van der Waals surface area contributed by atoms with Crippen molar-refractivity contribution < 1.29 is 14.7 Å². The molecule has 1 aromatic rings. The molecule has 0 unspecified atom stereocenters. The molecule has 20 heavy (non-hydrogen) atoms. The molecule has 1 aliphatic rings. The van der Waals surface area contributed by atoms with Gasteiger partial charge in [-0.05, 0) is 37.5 Å². The first-order chi connectivity index (χ1) is 9.51. The normalized spacial score (nSPS) is 21.2. The smallest absolute Gasteiger partial charge is 0.306 e. The van der Waals surface area contributed by atoms with Gasteiger partial charge >= 0.3 is 5.97 Å². The van der Waals surface area contributed by atoms with E-state index in [-0.39, 0.29) is 11.8 Å². The Morgan fingerprint density at radius 1 is 1.35 bits per heavy atom. The summed E-state index contributed by atoms with van der Waals surface area (Å²) in [5.74, 6) is -1.87. The highest BCUT2D eigenvalue weighted by atomic mass is 35.5. The Morgan fingerprint density at radius 3 is 2.65 bits per heavy atom. The van der Waals surface area contributed by atoms with Gasteiger partial charge in [0.05, 0.1) is 28.3 Å². The topological polar surface area (TPSA) is 90.2 Å². The number of carbonyl (C=O) groups is 2. The summed E-state index contributed by atoms with van der Waals surface area (Å²) < 4.78 is 0. The number of anilines is 1. The highest BCUT2D eigenvalue weighted by molar-refractivity contribution is 6.33. The number of nitrogens with one attached hydrogen (secondary N) is 1. The number of carbonyl (C=O) groups excluding carboxylic acids is 1. The zero-order chi connectivity index (χ0) is 14.7. The minimum Gasteiger partial charge on any atom is -0.481 e. The molecular formula is C14H13ClN2O3. The van der Waals surface area contributed by atoms with E-state index in [2.05, 4.69) is 5.32 Å². The van der Waals surface area contributed by atoms with Gasteiger partial charge in [0.15, 0.2) is 0 Å². The lowest BCUT2D eigenvalue weighted by molar-refractivity contribution is -0.141. The largest absolute Gasteiger partial charge is 0.481 e. The van der Waals surface area contributed by atoms with E-state index in [4.69, 9.17) is 22.0 Å². The number of halogens is 1. The van der Waals surface area contributed by atoms with Gasteiger partial charge in [0.1, 0.15) is 0 Å². The molecule has 1 aliphatic carbocycles. The number of rotatable bonds is 3. The van der Waals surface area contributed by atoms with Crippen LogP contribution in [0.3, 0.4) is 0 Å². The van der Waals surface area contributed by atoms with Crippen LogP contribution in [-0.4, -0.2) is 17.0 Å². The summed E-state index contributed by atoms with van der Waals surface area (Å²) in [4.78, 5) is 23.0. The van der Waals surface area contributed by atoms with E-state index in [0.717, 1.165) is 0 Å². The van der Waals surface area contributed by atoms with Crippen LogP contribution in [0.4, 0.5) is 5.69 Å². The molecule has 104 valence electrons. The Morgan fingerprint density at radius 2 is 2.05 bits per heavy atom. The fraction of sp³-hybridized carbons (Fsp3) is 0.357. The quantitative estimate of drug-likeness (QED) is 0.896. The Hall–Kier alpha value is -2.06. The van der Waals surface area contributed by atoms with Crippen LogP contribution >= 0.6 is 11.6 Å². The zero-order valence-corrected chi connectivity index (χ0v) is 11.4. The predicted molar refractivity (Wildman–Crippen MR) is 73.3 cm³/mol. The molecule has 1 saturated carbocycles. The van der Waals surface area contributed by atoms with Gasteiger partial charge < -0.3 is 10.4 Å². The lowest BCUT2D eigenvalue weighted by Crippen LogP contribution is -2.21. The average molecular weight is 293 g/mol. The van der Waals surface area contributed by atoms with Crippen molar-refractivity contribution in [3.63, 3.8) is 0 Å². The Bertz CT molecular complexity index is 595. The maximum absolute atomic E-state index is 12.1.